The van der Waals surface area contributed by atoms with Crippen LogP contribution in [0.2, 0.25) is 0 Å². The van der Waals surface area contributed by atoms with Gasteiger partial charge in [-0.3, -0.25) is 4.79 Å². The molecule has 2 nitrogen and oxygen atoms in total. The van der Waals surface area contributed by atoms with Gasteiger partial charge in [0.15, 0.2) is 5.78 Å². The van der Waals surface area contributed by atoms with Gasteiger partial charge in [-0.15, -0.1) is 0 Å². The Morgan fingerprint density at radius 2 is 1.82 bits per heavy atom. The normalized spacial score (nSPS) is 16.7. The number of hydrogen-bond acceptors (Lipinski definition) is 2. The number of Topliss-reactive ketones (excluding diaryl/α,β-unsaturated/α-hetero) is 1. The van der Waals surface area contributed by atoms with Crippen molar-refractivity contribution in [1.82, 2.24) is 0 Å². The zero-order chi connectivity index (χ0) is 12.4. The summed E-state index contributed by atoms with van der Waals surface area (Å²) in [5, 5.41) is 0. The molecule has 0 radical (unpaired) electrons. The first-order valence-corrected chi connectivity index (χ1v) is 6.51. The van der Waals surface area contributed by atoms with Crippen LogP contribution in [0.15, 0.2) is 18.2 Å². The van der Waals surface area contributed by atoms with Gasteiger partial charge in [0, 0.05) is 5.56 Å². The molecule has 17 heavy (non-hydrogen) atoms. The molecular formula is C15H21NO. The first-order chi connectivity index (χ1) is 8.09. The lowest BCUT2D eigenvalue weighted by Crippen LogP contribution is -2.35. The SMILES string of the molecule is CC(C)C(N)C(=O)c1ccc2c(c1)CCCC2. The summed E-state index contributed by atoms with van der Waals surface area (Å²) in [6, 6.07) is 5.72. The monoisotopic (exact) mass is 231 g/mol. The fraction of sp³-hybridized carbons (Fsp3) is 0.533. The van der Waals surface area contributed by atoms with Crippen molar-refractivity contribution in [2.75, 3.05) is 0 Å². The number of carbonyl (C=O) groups is 1. The summed E-state index contributed by atoms with van der Waals surface area (Å²) in [6.45, 7) is 3.97. The highest BCUT2D eigenvalue weighted by Crippen LogP contribution is 2.23. The number of ketones is 1. The van der Waals surface area contributed by atoms with Crippen LogP contribution in [0.25, 0.3) is 0 Å². The lowest BCUT2D eigenvalue weighted by Gasteiger charge is -2.18. The lowest BCUT2D eigenvalue weighted by atomic mass is 9.88. The molecule has 0 amide bonds. The van der Waals surface area contributed by atoms with E-state index < -0.39 is 0 Å². The molecule has 1 unspecified atom stereocenters. The fourth-order valence-electron chi connectivity index (χ4n) is 2.38. The second-order valence-electron chi connectivity index (χ2n) is 5.32. The van der Waals surface area contributed by atoms with E-state index >= 15 is 0 Å². The van der Waals surface area contributed by atoms with Crippen LogP contribution in [0.5, 0.6) is 0 Å². The summed E-state index contributed by atoms with van der Waals surface area (Å²) < 4.78 is 0. The van der Waals surface area contributed by atoms with Crippen LogP contribution < -0.4 is 5.73 Å². The van der Waals surface area contributed by atoms with Gasteiger partial charge >= 0.3 is 0 Å². The van der Waals surface area contributed by atoms with Crippen LogP contribution >= 0.6 is 0 Å². The Kier molecular flexibility index (Phi) is 3.63. The van der Waals surface area contributed by atoms with Gasteiger partial charge in [0.05, 0.1) is 6.04 Å². The number of benzene rings is 1. The topological polar surface area (TPSA) is 43.1 Å². The summed E-state index contributed by atoms with van der Waals surface area (Å²) in [5.74, 6) is 0.270. The van der Waals surface area contributed by atoms with E-state index in [-0.39, 0.29) is 17.7 Å². The maximum atomic E-state index is 12.1. The predicted octanol–water partition coefficient (Wildman–Crippen LogP) is 2.73. The first-order valence-electron chi connectivity index (χ1n) is 6.51. The molecule has 1 aliphatic rings. The average Bonchev–Trinajstić information content (AvgIpc) is 2.36. The Hall–Kier alpha value is -1.15. The molecule has 0 spiro atoms. The molecule has 0 aromatic heterocycles. The van der Waals surface area contributed by atoms with Crippen LogP contribution in [0.3, 0.4) is 0 Å². The molecule has 0 aliphatic heterocycles. The first kappa shape index (κ1) is 12.3. The number of aryl methyl sites for hydroxylation is 2. The fourth-order valence-corrected chi connectivity index (χ4v) is 2.38. The van der Waals surface area contributed by atoms with Gasteiger partial charge < -0.3 is 5.73 Å². The lowest BCUT2D eigenvalue weighted by molar-refractivity contribution is 0.0940. The third-order valence-electron chi connectivity index (χ3n) is 3.65. The number of hydrogen-bond donors (Lipinski definition) is 1. The van der Waals surface area contributed by atoms with Gasteiger partial charge in [-0.25, -0.2) is 0 Å². The summed E-state index contributed by atoms with van der Waals surface area (Å²) in [6.07, 6.45) is 4.76. The minimum absolute atomic E-state index is 0.0772. The maximum absolute atomic E-state index is 12.1. The Morgan fingerprint density at radius 3 is 2.47 bits per heavy atom. The van der Waals surface area contributed by atoms with E-state index in [4.69, 9.17) is 5.73 Å². The molecule has 1 aromatic carbocycles. The van der Waals surface area contributed by atoms with Crippen molar-refractivity contribution in [3.8, 4) is 0 Å². The van der Waals surface area contributed by atoms with E-state index in [1.54, 1.807) is 0 Å². The molecule has 1 aliphatic carbocycles. The van der Waals surface area contributed by atoms with Crippen LogP contribution in [0.1, 0.15) is 48.2 Å². The molecule has 0 heterocycles. The second kappa shape index (κ2) is 5.01. The van der Waals surface area contributed by atoms with Gasteiger partial charge in [-0.2, -0.15) is 0 Å². The standard InChI is InChI=1S/C15H21NO/c1-10(2)14(16)15(17)13-8-7-11-5-3-4-6-12(11)9-13/h7-10,14H,3-6,16H2,1-2H3. The van der Waals surface area contributed by atoms with Crippen LogP contribution in [-0.2, 0) is 12.8 Å². The highest BCUT2D eigenvalue weighted by Gasteiger charge is 2.20. The molecular weight excluding hydrogens is 210 g/mol. The number of fused-ring (bicyclic) bond motifs is 1. The Bertz CT molecular complexity index is 423. The summed E-state index contributed by atoms with van der Waals surface area (Å²) >= 11 is 0. The van der Waals surface area contributed by atoms with Gasteiger partial charge in [0.25, 0.3) is 0 Å². The Labute approximate surface area is 103 Å². The van der Waals surface area contributed by atoms with E-state index in [1.807, 2.05) is 19.9 Å². The maximum Gasteiger partial charge on any atom is 0.179 e. The van der Waals surface area contributed by atoms with Gasteiger partial charge in [0.2, 0.25) is 0 Å². The molecule has 2 heteroatoms. The van der Waals surface area contributed by atoms with Crippen molar-refractivity contribution < 1.29 is 4.79 Å². The quantitative estimate of drug-likeness (QED) is 0.813. The van der Waals surface area contributed by atoms with E-state index in [0.29, 0.717) is 0 Å². The summed E-state index contributed by atoms with van der Waals surface area (Å²) in [5.41, 5.74) is 9.46. The van der Waals surface area contributed by atoms with Crippen molar-refractivity contribution in [2.24, 2.45) is 11.7 Å². The van der Waals surface area contributed by atoms with Crippen LogP contribution in [0, 0.1) is 5.92 Å². The molecule has 2 N–H and O–H groups in total. The van der Waals surface area contributed by atoms with Crippen molar-refractivity contribution >= 4 is 5.78 Å². The van der Waals surface area contributed by atoms with Crippen molar-refractivity contribution in [3.05, 3.63) is 34.9 Å². The number of rotatable bonds is 3. The third kappa shape index (κ3) is 2.58. The molecule has 0 bridgehead atoms. The largest absolute Gasteiger partial charge is 0.321 e. The van der Waals surface area contributed by atoms with Gasteiger partial charge in [0.1, 0.15) is 0 Å². The number of carbonyl (C=O) groups excluding carboxylic acids is 1. The van der Waals surface area contributed by atoms with Crippen molar-refractivity contribution in [1.29, 1.82) is 0 Å². The molecule has 1 atom stereocenters. The van der Waals surface area contributed by atoms with Gasteiger partial charge in [-0.1, -0.05) is 26.0 Å². The molecule has 0 fully saturated rings. The molecule has 1 aromatic rings. The summed E-state index contributed by atoms with van der Waals surface area (Å²) in [4.78, 5) is 12.1. The number of nitrogens with two attached hydrogens (primary N) is 1. The van der Waals surface area contributed by atoms with Crippen LogP contribution in [0.4, 0.5) is 0 Å². The van der Waals surface area contributed by atoms with E-state index in [9.17, 15) is 4.79 Å². The Balaban J connectivity index is 2.25. The zero-order valence-corrected chi connectivity index (χ0v) is 10.7. The molecule has 2 rings (SSSR count). The minimum Gasteiger partial charge on any atom is -0.321 e. The predicted molar refractivity (Wildman–Crippen MR) is 70.2 cm³/mol. The highest BCUT2D eigenvalue weighted by atomic mass is 16.1. The molecule has 0 saturated heterocycles. The second-order valence-corrected chi connectivity index (χ2v) is 5.32. The third-order valence-corrected chi connectivity index (χ3v) is 3.65. The van der Waals surface area contributed by atoms with E-state index in [0.717, 1.165) is 18.4 Å². The summed E-state index contributed by atoms with van der Waals surface area (Å²) in [7, 11) is 0. The highest BCUT2D eigenvalue weighted by molar-refractivity contribution is 6.00. The van der Waals surface area contributed by atoms with Crippen molar-refractivity contribution in [3.63, 3.8) is 0 Å². The average molecular weight is 231 g/mol. The van der Waals surface area contributed by atoms with Gasteiger partial charge in [-0.05, 0) is 48.8 Å². The minimum atomic E-state index is -0.378. The Morgan fingerprint density at radius 1 is 1.18 bits per heavy atom. The molecule has 0 saturated carbocycles. The van der Waals surface area contributed by atoms with Crippen molar-refractivity contribution in [2.45, 2.75) is 45.6 Å². The van der Waals surface area contributed by atoms with Crippen LogP contribution in [-0.4, -0.2) is 11.8 Å². The van der Waals surface area contributed by atoms with E-state index in [2.05, 4.69) is 12.1 Å². The molecule has 92 valence electrons. The smallest absolute Gasteiger partial charge is 0.179 e. The van der Waals surface area contributed by atoms with E-state index in [1.165, 1.54) is 24.0 Å². The zero-order valence-electron chi connectivity index (χ0n) is 10.7.